The second-order valence-corrected chi connectivity index (χ2v) is 12.2. The van der Waals surface area contributed by atoms with E-state index in [9.17, 15) is 18.8 Å². The molecule has 0 radical (unpaired) electrons. The molecule has 0 aromatic carbocycles. The van der Waals surface area contributed by atoms with Gasteiger partial charge in [0.15, 0.2) is 0 Å². The van der Waals surface area contributed by atoms with Crippen molar-refractivity contribution in [3.8, 4) is 6.07 Å². The van der Waals surface area contributed by atoms with Gasteiger partial charge >= 0.3 is 0 Å². The fraction of sp³-hybridized carbons (Fsp3) is 0.679. The fourth-order valence-electron chi connectivity index (χ4n) is 5.27. The van der Waals surface area contributed by atoms with Crippen molar-refractivity contribution in [2.75, 3.05) is 25.0 Å². The summed E-state index contributed by atoms with van der Waals surface area (Å²) in [6.45, 7) is 13.0. The molecule has 208 valence electrons. The third-order valence-electron chi connectivity index (χ3n) is 7.82. The fourth-order valence-corrected chi connectivity index (χ4v) is 5.27. The number of fused-ring (bicyclic) bond motifs is 1. The first kappa shape index (κ1) is 29.3. The van der Waals surface area contributed by atoms with E-state index in [2.05, 4.69) is 55.6 Å². The van der Waals surface area contributed by atoms with Crippen LogP contribution in [0.25, 0.3) is 0 Å². The van der Waals surface area contributed by atoms with E-state index in [1.54, 1.807) is 0 Å². The normalized spacial score (nSPS) is 25.5. The monoisotopic (exact) mass is 528 g/mol. The number of aromatic nitrogens is 1. The van der Waals surface area contributed by atoms with E-state index in [0.717, 1.165) is 44.5 Å². The highest BCUT2D eigenvalue weighted by Crippen LogP contribution is 2.61. The molecule has 4 fully saturated rings. The first-order valence-corrected chi connectivity index (χ1v) is 13.5. The van der Waals surface area contributed by atoms with Crippen LogP contribution in [0, 0.1) is 46.2 Å². The molecular formula is C28H41FN6O3. The molecule has 4 unspecified atom stereocenters. The number of amides is 3. The zero-order valence-electron chi connectivity index (χ0n) is 23.1. The summed E-state index contributed by atoms with van der Waals surface area (Å²) in [7, 11) is 0. The van der Waals surface area contributed by atoms with Crippen molar-refractivity contribution in [2.24, 2.45) is 29.1 Å². The molecule has 2 saturated heterocycles. The highest BCUT2D eigenvalue weighted by Gasteiger charge is 2.62. The Morgan fingerprint density at radius 1 is 1.29 bits per heavy atom. The van der Waals surface area contributed by atoms with Gasteiger partial charge in [-0.3, -0.25) is 14.4 Å². The topological polar surface area (TPSA) is 127 Å². The molecule has 3 heterocycles. The van der Waals surface area contributed by atoms with E-state index in [4.69, 9.17) is 5.26 Å². The largest absolute Gasteiger partial charge is 0.361 e. The van der Waals surface area contributed by atoms with Crippen molar-refractivity contribution in [3.05, 3.63) is 24.1 Å². The van der Waals surface area contributed by atoms with Gasteiger partial charge < -0.3 is 20.9 Å². The minimum absolute atomic E-state index is 0.0282. The lowest BCUT2D eigenvalue weighted by atomic mass is 9.96. The molecule has 38 heavy (non-hydrogen) atoms. The van der Waals surface area contributed by atoms with Gasteiger partial charge in [-0.2, -0.15) is 5.26 Å². The Labute approximate surface area is 224 Å². The Morgan fingerprint density at radius 2 is 1.92 bits per heavy atom. The van der Waals surface area contributed by atoms with E-state index >= 15 is 0 Å². The maximum absolute atomic E-state index is 12.7. The summed E-state index contributed by atoms with van der Waals surface area (Å²) in [6, 6.07) is 4.29. The molecule has 0 bridgehead atoms. The van der Waals surface area contributed by atoms with Gasteiger partial charge in [-0.25, -0.2) is 9.37 Å². The molecule has 1 aromatic rings. The Bertz CT molecular complexity index is 1020. The number of nitrogens with one attached hydrogen (secondary N) is 3. The van der Waals surface area contributed by atoms with Gasteiger partial charge in [-0.1, -0.05) is 34.6 Å². The second-order valence-electron chi connectivity index (χ2n) is 12.2. The highest BCUT2D eigenvalue weighted by atomic mass is 19.1. The lowest BCUT2D eigenvalue weighted by Gasteiger charge is -2.22. The minimum atomic E-state index is -0.549. The quantitative estimate of drug-likeness (QED) is 0.467. The Balaban J connectivity index is 0.000000189. The maximum atomic E-state index is 12.7. The lowest BCUT2D eigenvalue weighted by molar-refractivity contribution is -0.129. The molecule has 3 N–H and O–H groups in total. The number of anilines is 1. The van der Waals surface area contributed by atoms with Crippen LogP contribution in [-0.2, 0) is 14.4 Å². The molecule has 1 aromatic heterocycles. The number of carbonyl (C=O) groups excluding carboxylic acids is 3. The van der Waals surface area contributed by atoms with Gasteiger partial charge in [-0.15, -0.1) is 0 Å². The van der Waals surface area contributed by atoms with Crippen molar-refractivity contribution < 1.29 is 18.8 Å². The van der Waals surface area contributed by atoms with Crippen LogP contribution in [0.5, 0.6) is 0 Å². The van der Waals surface area contributed by atoms with E-state index in [1.807, 2.05) is 11.0 Å². The lowest BCUT2D eigenvalue weighted by Crippen LogP contribution is -2.36. The molecule has 5 rings (SSSR count). The number of likely N-dealkylation sites (tertiary alicyclic amines) is 1. The SMILES string of the molecule is CC(C)C.CC1(C)C2CN(C(=O)CNc3ccc(F)cn3)CC21.N#CC(CC1CC2(CC2)NC1=O)NC=O. The predicted molar refractivity (Wildman–Crippen MR) is 142 cm³/mol. The van der Waals surface area contributed by atoms with Crippen LogP contribution < -0.4 is 16.0 Å². The minimum Gasteiger partial charge on any atom is -0.361 e. The average molecular weight is 529 g/mol. The number of hydrogen-bond donors (Lipinski definition) is 3. The molecule has 2 aliphatic heterocycles. The summed E-state index contributed by atoms with van der Waals surface area (Å²) >= 11 is 0. The summed E-state index contributed by atoms with van der Waals surface area (Å²) in [4.78, 5) is 39.6. The predicted octanol–water partition coefficient (Wildman–Crippen LogP) is 3.09. The first-order valence-electron chi connectivity index (χ1n) is 13.5. The number of hydrogen-bond acceptors (Lipinski definition) is 6. The van der Waals surface area contributed by atoms with Crippen molar-refractivity contribution in [1.29, 1.82) is 5.26 Å². The number of nitrogens with zero attached hydrogens (tertiary/aromatic N) is 3. The first-order chi connectivity index (χ1) is 17.9. The van der Waals surface area contributed by atoms with Crippen LogP contribution in [-0.4, -0.2) is 59.3 Å². The third kappa shape index (κ3) is 7.65. The number of pyridine rings is 1. The van der Waals surface area contributed by atoms with E-state index in [1.165, 1.54) is 12.1 Å². The molecule has 4 atom stereocenters. The molecule has 2 saturated carbocycles. The van der Waals surface area contributed by atoms with Crippen LogP contribution >= 0.6 is 0 Å². The van der Waals surface area contributed by atoms with E-state index in [0.29, 0.717) is 35.9 Å². The Morgan fingerprint density at radius 3 is 2.39 bits per heavy atom. The molecule has 2 aliphatic carbocycles. The summed E-state index contributed by atoms with van der Waals surface area (Å²) in [5, 5.41) is 17.0. The van der Waals surface area contributed by atoms with Gasteiger partial charge in [0.25, 0.3) is 0 Å². The molecular weight excluding hydrogens is 487 g/mol. The summed E-state index contributed by atoms with van der Waals surface area (Å²) in [6.07, 6.45) is 4.97. The van der Waals surface area contributed by atoms with Crippen LogP contribution in [0.4, 0.5) is 10.2 Å². The smallest absolute Gasteiger partial charge is 0.241 e. The number of rotatable bonds is 7. The number of carbonyl (C=O) groups is 3. The third-order valence-corrected chi connectivity index (χ3v) is 7.82. The van der Waals surface area contributed by atoms with Gasteiger partial charge in [-0.05, 0) is 61.0 Å². The number of halogens is 1. The van der Waals surface area contributed by atoms with E-state index < -0.39 is 6.04 Å². The van der Waals surface area contributed by atoms with Gasteiger partial charge in [0.05, 0.1) is 18.8 Å². The zero-order valence-corrected chi connectivity index (χ0v) is 23.1. The van der Waals surface area contributed by atoms with Crippen molar-refractivity contribution >= 4 is 24.0 Å². The van der Waals surface area contributed by atoms with Crippen LogP contribution in [0.3, 0.4) is 0 Å². The van der Waals surface area contributed by atoms with Crippen LogP contribution in [0.2, 0.25) is 0 Å². The van der Waals surface area contributed by atoms with Crippen LogP contribution in [0.1, 0.15) is 60.3 Å². The average Bonchev–Trinajstić information content (AvgIpc) is 3.54. The highest BCUT2D eigenvalue weighted by molar-refractivity contribution is 5.83. The summed E-state index contributed by atoms with van der Waals surface area (Å²) in [5.74, 6) is 2.32. The van der Waals surface area contributed by atoms with Gasteiger partial charge in [0.2, 0.25) is 18.2 Å². The van der Waals surface area contributed by atoms with E-state index in [-0.39, 0.29) is 35.6 Å². The van der Waals surface area contributed by atoms with Crippen molar-refractivity contribution in [2.45, 2.75) is 71.9 Å². The molecule has 4 aliphatic rings. The summed E-state index contributed by atoms with van der Waals surface area (Å²) < 4.78 is 12.7. The standard InChI is InChI=1S/C14H18FN3O.C10H13N3O2.C4H10/c1-14(2)10-7-18(8-11(10)14)13(19)6-17-12-4-3-9(15)5-16-12;11-5-8(12-6-14)3-7-4-10(1-2-10)13-9(7)15;1-4(2)3/h3-5,10-11H,6-8H2,1-2H3,(H,16,17);6-8H,1-4H2,(H,12,14)(H,13,15);4H,1-3H3. The van der Waals surface area contributed by atoms with Crippen molar-refractivity contribution in [1.82, 2.24) is 20.5 Å². The molecule has 9 nitrogen and oxygen atoms in total. The number of piperidine rings is 1. The second kappa shape index (κ2) is 12.1. The Hall–Kier alpha value is -3.22. The molecule has 10 heteroatoms. The molecule has 3 amide bonds. The zero-order chi connectivity index (χ0) is 28.1. The van der Waals surface area contributed by atoms with Gasteiger partial charge in [0.1, 0.15) is 17.7 Å². The molecule has 1 spiro atoms. The Kier molecular flexibility index (Phi) is 9.34. The maximum Gasteiger partial charge on any atom is 0.241 e. The van der Waals surface area contributed by atoms with Gasteiger partial charge in [0, 0.05) is 24.5 Å². The van der Waals surface area contributed by atoms with Crippen molar-refractivity contribution in [3.63, 3.8) is 0 Å². The van der Waals surface area contributed by atoms with Crippen LogP contribution in [0.15, 0.2) is 18.3 Å². The number of nitriles is 1. The summed E-state index contributed by atoms with van der Waals surface area (Å²) in [5.41, 5.74) is 0.464.